The number of nitrogens with zero attached hydrogens (tertiary/aromatic N) is 2. The molecule has 3 aromatic rings. The monoisotopic (exact) mass is 658 g/mol. The molecule has 48 heavy (non-hydrogen) atoms. The van der Waals surface area contributed by atoms with E-state index in [0.29, 0.717) is 55.0 Å². The smallest absolute Gasteiger partial charge is 0.321 e. The number of ether oxygens (including phenoxy) is 1. The first-order valence-corrected chi connectivity index (χ1v) is 16.3. The van der Waals surface area contributed by atoms with Crippen molar-refractivity contribution in [1.82, 2.24) is 9.80 Å². The Labute approximate surface area is 281 Å². The number of amides is 5. The summed E-state index contributed by atoms with van der Waals surface area (Å²) in [4.78, 5) is 55.3. The van der Waals surface area contributed by atoms with Gasteiger partial charge in [-0.15, -0.1) is 0 Å². The second-order valence-electron chi connectivity index (χ2n) is 12.2. The average molecular weight is 659 g/mol. The van der Waals surface area contributed by atoms with Gasteiger partial charge in [-0.1, -0.05) is 49.7 Å². The molecule has 1 heterocycles. The number of benzene rings is 3. The summed E-state index contributed by atoms with van der Waals surface area (Å²) in [6, 6.07) is 20.4. The van der Waals surface area contributed by atoms with Crippen LogP contribution in [-0.2, 0) is 9.59 Å². The Hall–Kier alpha value is -5.10. The lowest BCUT2D eigenvalue weighted by Crippen LogP contribution is -2.50. The molecule has 0 fully saturated rings. The number of hydrogen-bond acceptors (Lipinski definition) is 7. The Morgan fingerprint density at radius 3 is 2.21 bits per heavy atom. The zero-order valence-corrected chi connectivity index (χ0v) is 27.8. The van der Waals surface area contributed by atoms with Gasteiger partial charge in [0.15, 0.2) is 5.75 Å². The average Bonchev–Trinajstić information content (AvgIpc) is 3.07. The number of anilines is 4. The van der Waals surface area contributed by atoms with Gasteiger partial charge in [0.1, 0.15) is 6.10 Å². The van der Waals surface area contributed by atoms with Gasteiger partial charge in [-0.25, -0.2) is 4.79 Å². The molecule has 256 valence electrons. The van der Waals surface area contributed by atoms with Crippen LogP contribution in [0.5, 0.6) is 5.75 Å². The first-order chi connectivity index (χ1) is 23.1. The third-order valence-corrected chi connectivity index (χ3v) is 8.33. The number of fused-ring (bicyclic) bond motifs is 1. The molecule has 0 radical (unpaired) electrons. The standard InChI is InChI=1S/C36H46N6O6/c1-24-21-42(25(2)23-43)35(46)27-15-12-18-30(34(27)48-31(24)22-41(3)36(47)38-26-13-6-4-7-14-26)40-33(45)20-9-5-8-19-32(44)39-29-17-11-10-16-28(29)37/h4,6-7,10-18,24-25,31,43H,5,8-9,19-23,37H2,1-3H3,(H,38,47)(H,39,44)(H,40,45)/t24-,25-,31+/m0/s1. The van der Waals surface area contributed by atoms with Gasteiger partial charge in [0, 0.05) is 38.0 Å². The molecule has 0 spiro atoms. The lowest BCUT2D eigenvalue weighted by molar-refractivity contribution is -0.116. The summed E-state index contributed by atoms with van der Waals surface area (Å²) in [5, 5.41) is 18.5. The van der Waals surface area contributed by atoms with Crippen molar-refractivity contribution in [2.45, 2.75) is 58.1 Å². The number of rotatable bonds is 13. The van der Waals surface area contributed by atoms with Crippen LogP contribution < -0.4 is 26.4 Å². The highest BCUT2D eigenvalue weighted by molar-refractivity contribution is 6.01. The summed E-state index contributed by atoms with van der Waals surface area (Å²) in [7, 11) is 1.67. The fraction of sp³-hybridized carbons (Fsp3) is 0.389. The fourth-order valence-electron chi connectivity index (χ4n) is 5.44. The minimum atomic E-state index is -0.549. The summed E-state index contributed by atoms with van der Waals surface area (Å²) in [6.45, 7) is 3.97. The first-order valence-electron chi connectivity index (χ1n) is 16.3. The van der Waals surface area contributed by atoms with Gasteiger partial charge in [-0.05, 0) is 56.2 Å². The van der Waals surface area contributed by atoms with E-state index in [1.165, 1.54) is 4.90 Å². The zero-order valence-electron chi connectivity index (χ0n) is 27.8. The van der Waals surface area contributed by atoms with E-state index in [0.717, 1.165) is 0 Å². The van der Waals surface area contributed by atoms with Gasteiger partial charge in [0.2, 0.25) is 11.8 Å². The van der Waals surface area contributed by atoms with Crippen LogP contribution in [0.4, 0.5) is 27.5 Å². The minimum Gasteiger partial charge on any atom is -0.485 e. The van der Waals surface area contributed by atoms with E-state index in [-0.39, 0.29) is 60.6 Å². The second-order valence-corrected chi connectivity index (χ2v) is 12.2. The molecule has 0 bridgehead atoms. The molecule has 3 aromatic carbocycles. The molecule has 0 aliphatic carbocycles. The quantitative estimate of drug-likeness (QED) is 0.125. The molecule has 3 atom stereocenters. The van der Waals surface area contributed by atoms with E-state index in [1.54, 1.807) is 73.5 Å². The number of para-hydroxylation sites is 4. The number of nitrogen functional groups attached to an aromatic ring is 1. The molecule has 0 saturated carbocycles. The lowest BCUT2D eigenvalue weighted by atomic mass is 9.99. The fourth-order valence-corrected chi connectivity index (χ4v) is 5.44. The number of carbonyl (C=O) groups excluding carboxylic acids is 4. The minimum absolute atomic E-state index is 0.140. The summed E-state index contributed by atoms with van der Waals surface area (Å²) < 4.78 is 6.51. The molecule has 12 nitrogen and oxygen atoms in total. The normalized spacial score (nSPS) is 16.4. The predicted molar refractivity (Wildman–Crippen MR) is 187 cm³/mol. The molecule has 6 N–H and O–H groups in total. The number of likely N-dealkylation sites (N-methyl/N-ethyl adjacent to an activating group) is 1. The van der Waals surface area contributed by atoms with Gasteiger partial charge >= 0.3 is 6.03 Å². The number of hydrogen-bond donors (Lipinski definition) is 5. The van der Waals surface area contributed by atoms with Crippen molar-refractivity contribution in [3.8, 4) is 5.75 Å². The first kappa shape index (κ1) is 35.7. The molecule has 0 unspecified atom stereocenters. The summed E-state index contributed by atoms with van der Waals surface area (Å²) in [6.07, 6.45) is 1.79. The predicted octanol–water partition coefficient (Wildman–Crippen LogP) is 5.18. The highest BCUT2D eigenvalue weighted by Gasteiger charge is 2.35. The van der Waals surface area contributed by atoms with E-state index in [9.17, 15) is 24.3 Å². The van der Waals surface area contributed by atoms with Gasteiger partial charge in [0.05, 0.1) is 41.8 Å². The van der Waals surface area contributed by atoms with Crippen LogP contribution in [-0.4, -0.2) is 77.5 Å². The highest BCUT2D eigenvalue weighted by Crippen LogP contribution is 2.35. The maximum absolute atomic E-state index is 13.8. The highest BCUT2D eigenvalue weighted by atomic mass is 16.5. The second kappa shape index (κ2) is 17.2. The van der Waals surface area contributed by atoms with Crippen LogP contribution in [0.15, 0.2) is 72.8 Å². The zero-order chi connectivity index (χ0) is 34.6. The molecule has 4 rings (SSSR count). The van der Waals surface area contributed by atoms with E-state index >= 15 is 0 Å². The van der Waals surface area contributed by atoms with E-state index in [1.807, 2.05) is 25.1 Å². The largest absolute Gasteiger partial charge is 0.485 e. The van der Waals surface area contributed by atoms with Gasteiger partial charge in [0.25, 0.3) is 5.91 Å². The number of aliphatic hydroxyl groups excluding tert-OH is 1. The lowest BCUT2D eigenvalue weighted by Gasteiger charge is -2.38. The number of urea groups is 1. The van der Waals surface area contributed by atoms with Crippen LogP contribution in [0.25, 0.3) is 0 Å². The summed E-state index contributed by atoms with van der Waals surface area (Å²) >= 11 is 0. The van der Waals surface area contributed by atoms with E-state index in [2.05, 4.69) is 16.0 Å². The molecule has 5 amide bonds. The van der Waals surface area contributed by atoms with Crippen LogP contribution >= 0.6 is 0 Å². The topological polar surface area (TPSA) is 166 Å². The molecular weight excluding hydrogens is 612 g/mol. The maximum atomic E-state index is 13.8. The van der Waals surface area contributed by atoms with Crippen molar-refractivity contribution in [3.63, 3.8) is 0 Å². The Morgan fingerprint density at radius 2 is 1.54 bits per heavy atom. The summed E-state index contributed by atoms with van der Waals surface area (Å²) in [5.41, 5.74) is 8.23. The Balaban J connectivity index is 1.42. The number of nitrogens with one attached hydrogen (secondary N) is 3. The van der Waals surface area contributed by atoms with E-state index in [4.69, 9.17) is 10.5 Å². The third kappa shape index (κ3) is 9.71. The van der Waals surface area contributed by atoms with Gasteiger partial charge in [-0.2, -0.15) is 0 Å². The van der Waals surface area contributed by atoms with Crippen molar-refractivity contribution in [2.75, 3.05) is 48.4 Å². The Bertz CT molecular complexity index is 1570. The van der Waals surface area contributed by atoms with Crippen molar-refractivity contribution < 1.29 is 29.0 Å². The third-order valence-electron chi connectivity index (χ3n) is 8.33. The van der Waals surface area contributed by atoms with Gasteiger partial charge in [-0.3, -0.25) is 14.4 Å². The van der Waals surface area contributed by atoms with Gasteiger partial charge < -0.3 is 41.3 Å². The van der Waals surface area contributed by atoms with Crippen LogP contribution in [0.1, 0.15) is 56.3 Å². The Kier molecular flexibility index (Phi) is 12.8. The van der Waals surface area contributed by atoms with E-state index < -0.39 is 12.1 Å². The van der Waals surface area contributed by atoms with Crippen molar-refractivity contribution in [3.05, 3.63) is 78.4 Å². The van der Waals surface area contributed by atoms with Crippen LogP contribution in [0.2, 0.25) is 0 Å². The van der Waals surface area contributed by atoms with Crippen LogP contribution in [0.3, 0.4) is 0 Å². The molecule has 0 saturated heterocycles. The molecule has 1 aliphatic heterocycles. The molecule has 1 aliphatic rings. The van der Waals surface area contributed by atoms with Crippen molar-refractivity contribution in [2.24, 2.45) is 5.92 Å². The van der Waals surface area contributed by atoms with Crippen molar-refractivity contribution in [1.29, 1.82) is 0 Å². The van der Waals surface area contributed by atoms with Crippen LogP contribution in [0, 0.1) is 5.92 Å². The molecular formula is C36H46N6O6. The molecule has 0 aromatic heterocycles. The SMILES string of the molecule is C[C@H]1CN([C@@H](C)CO)C(=O)c2cccc(NC(=O)CCCCCC(=O)Nc3ccccc3N)c2O[C@@H]1CN(C)C(=O)Nc1ccccc1. The maximum Gasteiger partial charge on any atom is 0.321 e. The van der Waals surface area contributed by atoms with Crippen molar-refractivity contribution >= 4 is 46.5 Å². The Morgan fingerprint density at radius 1 is 0.917 bits per heavy atom. The number of unbranched alkanes of at least 4 members (excludes halogenated alkanes) is 2. The number of nitrogens with two attached hydrogens (primary N) is 1. The number of aliphatic hydroxyl groups is 1. The number of carbonyl (C=O) groups is 4. The molecule has 12 heteroatoms. The summed E-state index contributed by atoms with van der Waals surface area (Å²) in [5.74, 6) is -0.733.